The van der Waals surface area contributed by atoms with E-state index in [4.69, 9.17) is 0 Å². The van der Waals surface area contributed by atoms with Crippen LogP contribution in [0.1, 0.15) is 36.2 Å². The van der Waals surface area contributed by atoms with E-state index in [9.17, 15) is 4.79 Å². The monoisotopic (exact) mass is 262 g/mol. The number of nitrogens with one attached hydrogen (secondary N) is 1. The van der Waals surface area contributed by atoms with E-state index in [1.54, 1.807) is 4.68 Å². The maximum atomic E-state index is 12.5. The van der Waals surface area contributed by atoms with Crippen LogP contribution in [0.5, 0.6) is 0 Å². The molecular weight excluding hydrogens is 240 g/mol. The van der Waals surface area contributed by atoms with E-state index in [2.05, 4.69) is 15.3 Å². The molecule has 19 heavy (non-hydrogen) atoms. The van der Waals surface area contributed by atoms with Crippen molar-refractivity contribution >= 4 is 5.91 Å². The van der Waals surface area contributed by atoms with Crippen molar-refractivity contribution in [2.24, 2.45) is 13.0 Å². The number of aryl methyl sites for hydroxylation is 1. The SMILES string of the molecule is Cn1ccc(C(=O)N2CCCC2C2CCCNC2)n1. The van der Waals surface area contributed by atoms with Gasteiger partial charge in [0.25, 0.3) is 5.91 Å². The molecule has 0 radical (unpaired) electrons. The van der Waals surface area contributed by atoms with Crippen LogP contribution in [-0.2, 0) is 7.05 Å². The van der Waals surface area contributed by atoms with Crippen molar-refractivity contribution in [1.29, 1.82) is 0 Å². The Labute approximate surface area is 114 Å². The third-order valence-corrected chi connectivity index (χ3v) is 4.37. The average Bonchev–Trinajstić information content (AvgIpc) is 3.07. The van der Waals surface area contributed by atoms with Gasteiger partial charge in [-0.05, 0) is 50.8 Å². The fourth-order valence-electron chi connectivity index (χ4n) is 3.42. The molecule has 104 valence electrons. The Morgan fingerprint density at radius 1 is 1.42 bits per heavy atom. The van der Waals surface area contributed by atoms with E-state index in [1.807, 2.05) is 19.3 Å². The van der Waals surface area contributed by atoms with Crippen LogP contribution in [-0.4, -0.2) is 46.3 Å². The first kappa shape index (κ1) is 12.7. The number of likely N-dealkylation sites (tertiary alicyclic amines) is 1. The first-order valence-electron chi connectivity index (χ1n) is 7.27. The quantitative estimate of drug-likeness (QED) is 0.866. The number of carbonyl (C=O) groups excluding carboxylic acids is 1. The molecule has 5 heteroatoms. The number of hydrogen-bond acceptors (Lipinski definition) is 3. The van der Waals surface area contributed by atoms with Gasteiger partial charge >= 0.3 is 0 Å². The maximum Gasteiger partial charge on any atom is 0.274 e. The zero-order chi connectivity index (χ0) is 13.2. The van der Waals surface area contributed by atoms with Gasteiger partial charge in [0.15, 0.2) is 0 Å². The molecule has 2 saturated heterocycles. The first-order chi connectivity index (χ1) is 9.25. The fourth-order valence-corrected chi connectivity index (χ4v) is 3.42. The van der Waals surface area contributed by atoms with Gasteiger partial charge in [-0.15, -0.1) is 0 Å². The van der Waals surface area contributed by atoms with E-state index in [0.29, 0.717) is 17.7 Å². The number of nitrogens with zero attached hydrogens (tertiary/aromatic N) is 3. The summed E-state index contributed by atoms with van der Waals surface area (Å²) in [6.07, 6.45) is 6.57. The molecule has 0 saturated carbocycles. The molecule has 1 N–H and O–H groups in total. The molecule has 2 fully saturated rings. The summed E-state index contributed by atoms with van der Waals surface area (Å²) in [6, 6.07) is 2.22. The van der Waals surface area contributed by atoms with Gasteiger partial charge in [0, 0.05) is 25.8 Å². The molecule has 1 amide bonds. The summed E-state index contributed by atoms with van der Waals surface area (Å²) in [5.74, 6) is 0.720. The highest BCUT2D eigenvalue weighted by Crippen LogP contribution is 2.29. The number of amides is 1. The summed E-state index contributed by atoms with van der Waals surface area (Å²) in [7, 11) is 1.85. The maximum absolute atomic E-state index is 12.5. The highest BCUT2D eigenvalue weighted by molar-refractivity contribution is 5.92. The van der Waals surface area contributed by atoms with E-state index in [-0.39, 0.29) is 5.91 Å². The number of aromatic nitrogens is 2. The molecule has 0 aliphatic carbocycles. The molecule has 3 rings (SSSR count). The van der Waals surface area contributed by atoms with Crippen LogP contribution in [0.25, 0.3) is 0 Å². The van der Waals surface area contributed by atoms with Crippen molar-refractivity contribution in [3.63, 3.8) is 0 Å². The zero-order valence-corrected chi connectivity index (χ0v) is 11.5. The molecule has 2 aliphatic heterocycles. The molecule has 0 aromatic carbocycles. The van der Waals surface area contributed by atoms with Crippen LogP contribution in [0.3, 0.4) is 0 Å². The number of hydrogen-bond donors (Lipinski definition) is 1. The van der Waals surface area contributed by atoms with Crippen molar-refractivity contribution in [3.05, 3.63) is 18.0 Å². The number of rotatable bonds is 2. The van der Waals surface area contributed by atoms with Crippen molar-refractivity contribution in [2.45, 2.75) is 31.7 Å². The standard InChI is InChI=1S/C14H22N4O/c1-17-9-6-12(16-17)14(19)18-8-3-5-13(18)11-4-2-7-15-10-11/h6,9,11,13,15H,2-5,7-8,10H2,1H3. The third kappa shape index (κ3) is 2.52. The smallest absolute Gasteiger partial charge is 0.274 e. The number of carbonyl (C=O) groups is 1. The average molecular weight is 262 g/mol. The van der Waals surface area contributed by atoms with Crippen LogP contribution in [0.4, 0.5) is 0 Å². The van der Waals surface area contributed by atoms with Crippen LogP contribution in [0, 0.1) is 5.92 Å². The highest BCUT2D eigenvalue weighted by Gasteiger charge is 2.36. The molecule has 5 nitrogen and oxygen atoms in total. The minimum absolute atomic E-state index is 0.105. The predicted octanol–water partition coefficient (Wildman–Crippen LogP) is 1.02. The second-order valence-corrected chi connectivity index (χ2v) is 5.69. The van der Waals surface area contributed by atoms with Gasteiger partial charge in [0.2, 0.25) is 0 Å². The summed E-state index contributed by atoms with van der Waals surface area (Å²) in [4.78, 5) is 14.6. The Kier molecular flexibility index (Phi) is 3.55. The van der Waals surface area contributed by atoms with Gasteiger partial charge in [-0.3, -0.25) is 9.48 Å². The Hall–Kier alpha value is -1.36. The molecule has 0 spiro atoms. The largest absolute Gasteiger partial charge is 0.334 e. The minimum Gasteiger partial charge on any atom is -0.334 e. The van der Waals surface area contributed by atoms with Gasteiger partial charge in [-0.25, -0.2) is 0 Å². The summed E-state index contributed by atoms with van der Waals surface area (Å²) in [5.41, 5.74) is 0.582. The third-order valence-electron chi connectivity index (χ3n) is 4.37. The number of piperidine rings is 1. The predicted molar refractivity (Wildman–Crippen MR) is 72.9 cm³/mol. The summed E-state index contributed by atoms with van der Waals surface area (Å²) in [6.45, 7) is 3.06. The Morgan fingerprint density at radius 2 is 2.32 bits per heavy atom. The van der Waals surface area contributed by atoms with Crippen LogP contribution >= 0.6 is 0 Å². The van der Waals surface area contributed by atoms with Crippen molar-refractivity contribution < 1.29 is 4.79 Å². The molecule has 2 atom stereocenters. The van der Waals surface area contributed by atoms with E-state index >= 15 is 0 Å². The topological polar surface area (TPSA) is 50.2 Å². The van der Waals surface area contributed by atoms with Gasteiger partial charge in [-0.1, -0.05) is 0 Å². The minimum atomic E-state index is 0.105. The van der Waals surface area contributed by atoms with E-state index in [0.717, 1.165) is 32.5 Å². The lowest BCUT2D eigenvalue weighted by Gasteiger charge is -2.34. The van der Waals surface area contributed by atoms with Gasteiger partial charge in [0.1, 0.15) is 5.69 Å². The van der Waals surface area contributed by atoms with Gasteiger partial charge in [-0.2, -0.15) is 5.10 Å². The van der Waals surface area contributed by atoms with E-state index in [1.165, 1.54) is 12.8 Å². The summed E-state index contributed by atoms with van der Waals surface area (Å²) in [5, 5.41) is 7.70. The first-order valence-corrected chi connectivity index (χ1v) is 7.27. The second-order valence-electron chi connectivity index (χ2n) is 5.69. The second kappa shape index (κ2) is 5.33. The van der Waals surface area contributed by atoms with Crippen LogP contribution in [0.2, 0.25) is 0 Å². The van der Waals surface area contributed by atoms with Gasteiger partial charge in [0.05, 0.1) is 0 Å². The zero-order valence-electron chi connectivity index (χ0n) is 11.5. The van der Waals surface area contributed by atoms with Gasteiger partial charge < -0.3 is 10.2 Å². The molecule has 0 bridgehead atoms. The van der Waals surface area contributed by atoms with Crippen LogP contribution < -0.4 is 5.32 Å². The molecule has 1 aromatic heterocycles. The lowest BCUT2D eigenvalue weighted by molar-refractivity contribution is 0.0664. The lowest BCUT2D eigenvalue weighted by Crippen LogP contribution is -2.45. The molecular formula is C14H22N4O. The van der Waals surface area contributed by atoms with E-state index < -0.39 is 0 Å². The Morgan fingerprint density at radius 3 is 3.00 bits per heavy atom. The summed E-state index contributed by atoms with van der Waals surface area (Å²) < 4.78 is 1.69. The van der Waals surface area contributed by atoms with Crippen molar-refractivity contribution in [3.8, 4) is 0 Å². The molecule has 2 unspecified atom stereocenters. The highest BCUT2D eigenvalue weighted by atomic mass is 16.2. The molecule has 3 heterocycles. The summed E-state index contributed by atoms with van der Waals surface area (Å²) >= 11 is 0. The molecule has 2 aliphatic rings. The van der Waals surface area contributed by atoms with Crippen LogP contribution in [0.15, 0.2) is 12.3 Å². The van der Waals surface area contributed by atoms with Crippen molar-refractivity contribution in [2.75, 3.05) is 19.6 Å². The molecule has 1 aromatic rings. The van der Waals surface area contributed by atoms with Crippen molar-refractivity contribution in [1.82, 2.24) is 20.0 Å². The fraction of sp³-hybridized carbons (Fsp3) is 0.714. The Balaban J connectivity index is 1.73. The lowest BCUT2D eigenvalue weighted by atomic mass is 9.90. The normalized spacial score (nSPS) is 27.7. The Bertz CT molecular complexity index is 450.